The van der Waals surface area contributed by atoms with Crippen molar-refractivity contribution in [1.82, 2.24) is 4.98 Å². The largest absolute Gasteiger partial charge is 0.433 e. The minimum absolute atomic E-state index is 0.372. The summed E-state index contributed by atoms with van der Waals surface area (Å²) in [6, 6.07) is 11.1. The first kappa shape index (κ1) is 20.0. The number of halogens is 3. The maximum atomic E-state index is 12.7. The van der Waals surface area contributed by atoms with Crippen molar-refractivity contribution in [2.75, 3.05) is 5.32 Å². The summed E-state index contributed by atoms with van der Waals surface area (Å²) in [4.78, 5) is 3.35. The minimum atomic E-state index is -4.43. The van der Waals surface area contributed by atoms with Crippen molar-refractivity contribution in [1.29, 1.82) is 0 Å². The molecule has 1 heterocycles. The number of aryl methyl sites for hydroxylation is 2. The lowest BCUT2D eigenvalue weighted by molar-refractivity contribution is -0.141. The van der Waals surface area contributed by atoms with Gasteiger partial charge in [0.05, 0.1) is 0 Å². The summed E-state index contributed by atoms with van der Waals surface area (Å²) >= 11 is 0. The van der Waals surface area contributed by atoms with Crippen LogP contribution in [0.25, 0.3) is 0 Å². The van der Waals surface area contributed by atoms with Crippen molar-refractivity contribution in [3.05, 3.63) is 71.7 Å². The maximum Gasteiger partial charge on any atom is 0.433 e. The molecule has 0 aliphatic rings. The van der Waals surface area contributed by atoms with Crippen molar-refractivity contribution in [2.45, 2.75) is 51.6 Å². The fraction of sp³-hybridized carbons (Fsp3) is 0.381. The molecule has 0 fully saturated rings. The van der Waals surface area contributed by atoms with Crippen molar-refractivity contribution < 1.29 is 13.2 Å². The highest BCUT2D eigenvalue weighted by Crippen LogP contribution is 2.29. The van der Waals surface area contributed by atoms with E-state index in [-0.39, 0.29) is 0 Å². The topological polar surface area (TPSA) is 24.9 Å². The Balaban J connectivity index is 1.65. The molecule has 2 rings (SSSR count). The average molecular weight is 362 g/mol. The van der Waals surface area contributed by atoms with Gasteiger partial charge in [0.25, 0.3) is 0 Å². The fourth-order valence-corrected chi connectivity index (χ4v) is 2.82. The second kappa shape index (κ2) is 9.41. The van der Waals surface area contributed by atoms with Crippen molar-refractivity contribution in [3.63, 3.8) is 0 Å². The van der Waals surface area contributed by atoms with Gasteiger partial charge in [-0.2, -0.15) is 13.2 Å². The monoisotopic (exact) mass is 362 g/mol. The average Bonchev–Trinajstić information content (AvgIpc) is 2.57. The van der Waals surface area contributed by atoms with Crippen LogP contribution in [-0.4, -0.2) is 4.98 Å². The molecule has 0 amide bonds. The molecular formula is C21H25F3N2. The van der Waals surface area contributed by atoms with E-state index in [1.54, 1.807) is 0 Å². The van der Waals surface area contributed by atoms with Gasteiger partial charge in [0, 0.05) is 17.6 Å². The van der Waals surface area contributed by atoms with Gasteiger partial charge in [-0.1, -0.05) is 49.2 Å². The van der Waals surface area contributed by atoms with Crippen molar-refractivity contribution >= 4 is 5.69 Å². The molecule has 0 saturated carbocycles. The Kier molecular flexibility index (Phi) is 7.25. The third kappa shape index (κ3) is 6.90. The third-order valence-electron chi connectivity index (χ3n) is 4.15. The first-order chi connectivity index (χ1) is 12.3. The maximum absolute atomic E-state index is 12.7. The summed E-state index contributed by atoms with van der Waals surface area (Å²) in [7, 11) is 0. The second-order valence-electron chi connectivity index (χ2n) is 6.56. The zero-order valence-electron chi connectivity index (χ0n) is 15.1. The Morgan fingerprint density at radius 1 is 1.08 bits per heavy atom. The van der Waals surface area contributed by atoms with Crippen LogP contribution in [0.1, 0.15) is 48.9 Å². The summed E-state index contributed by atoms with van der Waals surface area (Å²) in [5.74, 6) is 0. The zero-order valence-corrected chi connectivity index (χ0v) is 15.1. The summed E-state index contributed by atoms with van der Waals surface area (Å²) in [5, 5.41) is 2.94. The van der Waals surface area contributed by atoms with Gasteiger partial charge >= 0.3 is 6.18 Å². The number of unbranched alkanes of at least 4 members (excludes halogenated alkanes) is 3. The molecule has 5 heteroatoms. The highest BCUT2D eigenvalue weighted by Gasteiger charge is 2.32. The molecule has 2 nitrogen and oxygen atoms in total. The van der Waals surface area contributed by atoms with Crippen molar-refractivity contribution in [3.8, 4) is 0 Å². The highest BCUT2D eigenvalue weighted by atomic mass is 19.4. The number of alkyl halides is 3. The second-order valence-corrected chi connectivity index (χ2v) is 6.56. The Morgan fingerprint density at radius 3 is 2.58 bits per heavy atom. The number of allylic oxidation sites excluding steroid dienone is 1. The molecule has 0 aliphatic heterocycles. The molecular weight excluding hydrogens is 337 g/mol. The number of rotatable bonds is 9. The molecule has 0 unspecified atom stereocenters. The predicted octanol–water partition coefficient (Wildman–Crippen LogP) is 6.53. The fourth-order valence-electron chi connectivity index (χ4n) is 2.82. The van der Waals surface area contributed by atoms with E-state index in [4.69, 9.17) is 0 Å². The van der Waals surface area contributed by atoms with E-state index in [1.165, 1.54) is 17.2 Å². The summed E-state index contributed by atoms with van der Waals surface area (Å²) < 4.78 is 38.0. The number of pyridine rings is 1. The van der Waals surface area contributed by atoms with Crippen LogP contribution in [0, 0.1) is 6.92 Å². The number of hydrogen-bond acceptors (Lipinski definition) is 2. The molecule has 140 valence electrons. The molecule has 0 spiro atoms. The molecule has 0 radical (unpaired) electrons. The van der Waals surface area contributed by atoms with Crippen LogP contribution in [-0.2, 0) is 12.6 Å². The van der Waals surface area contributed by atoms with Gasteiger partial charge < -0.3 is 5.32 Å². The Morgan fingerprint density at radius 2 is 1.85 bits per heavy atom. The lowest BCUT2D eigenvalue weighted by Crippen LogP contribution is -2.08. The van der Waals surface area contributed by atoms with Crippen LogP contribution in [0.2, 0.25) is 0 Å². The van der Waals surface area contributed by atoms with Gasteiger partial charge in [0.15, 0.2) is 0 Å². The molecule has 0 saturated heterocycles. The molecule has 2 aromatic rings. The number of nitrogens with one attached hydrogen (secondary N) is 1. The number of benzene rings is 1. The lowest BCUT2D eigenvalue weighted by Gasteiger charge is -2.12. The normalized spacial score (nSPS) is 11.4. The van der Waals surface area contributed by atoms with Gasteiger partial charge in [-0.3, -0.25) is 4.98 Å². The van der Waals surface area contributed by atoms with Crippen LogP contribution in [0.3, 0.4) is 0 Å². The smallest absolute Gasteiger partial charge is 0.359 e. The van der Waals surface area contributed by atoms with Gasteiger partial charge in [-0.15, -0.1) is 0 Å². The minimum Gasteiger partial charge on any atom is -0.359 e. The highest BCUT2D eigenvalue weighted by molar-refractivity contribution is 5.48. The van der Waals surface area contributed by atoms with E-state index in [0.717, 1.165) is 56.5 Å². The van der Waals surface area contributed by atoms with Crippen LogP contribution in [0.15, 0.2) is 54.9 Å². The van der Waals surface area contributed by atoms with E-state index in [2.05, 4.69) is 48.1 Å². The van der Waals surface area contributed by atoms with Crippen molar-refractivity contribution in [2.24, 2.45) is 0 Å². The first-order valence-electron chi connectivity index (χ1n) is 8.88. The summed E-state index contributed by atoms with van der Waals surface area (Å²) in [6.45, 7) is 6.00. The summed E-state index contributed by atoms with van der Waals surface area (Å²) in [5.41, 5.74) is 2.86. The SMILES string of the molecule is C=C(CCCCCCc1cccc(C)c1)Nc1ccnc(C(F)(F)F)c1. The van der Waals surface area contributed by atoms with E-state index >= 15 is 0 Å². The molecule has 0 atom stereocenters. The quantitative estimate of drug-likeness (QED) is 0.513. The van der Waals surface area contributed by atoms with Crippen LogP contribution in [0.5, 0.6) is 0 Å². The summed E-state index contributed by atoms with van der Waals surface area (Å²) in [6.07, 6.45) is 2.87. The predicted molar refractivity (Wildman–Crippen MR) is 100.0 cm³/mol. The molecule has 1 N–H and O–H groups in total. The molecule has 1 aromatic heterocycles. The van der Waals surface area contributed by atoms with Gasteiger partial charge in [-0.05, 0) is 50.3 Å². The van der Waals surface area contributed by atoms with Crippen LogP contribution >= 0.6 is 0 Å². The number of nitrogens with zero attached hydrogens (tertiary/aromatic N) is 1. The number of hydrogen-bond donors (Lipinski definition) is 1. The molecule has 1 aromatic carbocycles. The Hall–Kier alpha value is -2.30. The lowest BCUT2D eigenvalue weighted by atomic mass is 10.0. The molecule has 26 heavy (non-hydrogen) atoms. The number of anilines is 1. The van der Waals surface area contributed by atoms with Crippen LogP contribution < -0.4 is 5.32 Å². The van der Waals surface area contributed by atoms with E-state index in [0.29, 0.717) is 5.69 Å². The van der Waals surface area contributed by atoms with E-state index < -0.39 is 11.9 Å². The van der Waals surface area contributed by atoms with Gasteiger partial charge in [0.1, 0.15) is 5.69 Å². The molecule has 0 bridgehead atoms. The standard InChI is InChI=1S/C21H25F3N2/c1-16-8-7-11-18(14-16)10-6-4-3-5-9-17(2)26-19-12-13-25-20(15-19)21(22,23)24/h7-8,11-15H,2-6,9-10H2,1H3,(H,25,26). The number of aromatic nitrogens is 1. The van der Waals surface area contributed by atoms with Crippen LogP contribution in [0.4, 0.5) is 18.9 Å². The zero-order chi connectivity index (χ0) is 19.0. The third-order valence-corrected chi connectivity index (χ3v) is 4.15. The Bertz CT molecular complexity index is 723. The van der Waals surface area contributed by atoms with E-state index in [9.17, 15) is 13.2 Å². The Labute approximate surface area is 153 Å². The van der Waals surface area contributed by atoms with E-state index in [1.807, 2.05) is 0 Å². The van der Waals surface area contributed by atoms with Gasteiger partial charge in [0.2, 0.25) is 0 Å². The van der Waals surface area contributed by atoms with Gasteiger partial charge in [-0.25, -0.2) is 0 Å². The first-order valence-corrected chi connectivity index (χ1v) is 8.88. The molecule has 0 aliphatic carbocycles.